The van der Waals surface area contributed by atoms with Crippen LogP contribution >= 0.6 is 0 Å². The minimum Gasteiger partial charge on any atom is -0.306 e. The minimum absolute atomic E-state index is 0.0228. The first-order valence-corrected chi connectivity index (χ1v) is 6.27. The molecule has 2 rings (SSSR count). The third-order valence-corrected chi connectivity index (χ3v) is 3.15. The minimum atomic E-state index is -0.450. The number of rotatable bonds is 4. The summed E-state index contributed by atoms with van der Waals surface area (Å²) in [5.74, 6) is -0.875. The molecule has 0 saturated heterocycles. The van der Waals surface area contributed by atoms with Crippen molar-refractivity contribution in [3.8, 4) is 6.07 Å². The Balaban J connectivity index is 2.02. The van der Waals surface area contributed by atoms with Gasteiger partial charge in [0.1, 0.15) is 11.6 Å². The Hall–Kier alpha value is -2.25. The zero-order valence-corrected chi connectivity index (χ0v) is 11.0. The third kappa shape index (κ3) is 3.40. The molecule has 0 heterocycles. The van der Waals surface area contributed by atoms with Crippen LogP contribution in [0.3, 0.4) is 0 Å². The Morgan fingerprint density at radius 3 is 2.50 bits per heavy atom. The van der Waals surface area contributed by atoms with Crippen molar-refractivity contribution in [2.24, 2.45) is 0 Å². The summed E-state index contributed by atoms with van der Waals surface area (Å²) in [5.41, 5.74) is 1.88. The molecule has 102 valence electrons. The second-order valence-electron chi connectivity index (χ2n) is 4.57. The molecule has 0 aliphatic carbocycles. The molecule has 0 bridgehead atoms. The fraction of sp³-hybridized carbons (Fsp3) is 0.188. The van der Waals surface area contributed by atoms with Crippen LogP contribution in [-0.2, 0) is 6.54 Å². The fourth-order valence-electron chi connectivity index (χ4n) is 1.91. The van der Waals surface area contributed by atoms with Crippen LogP contribution in [0.15, 0.2) is 42.5 Å². The van der Waals surface area contributed by atoms with Gasteiger partial charge in [-0.15, -0.1) is 0 Å². The van der Waals surface area contributed by atoms with E-state index in [2.05, 4.69) is 11.4 Å². The third-order valence-electron chi connectivity index (χ3n) is 3.15. The summed E-state index contributed by atoms with van der Waals surface area (Å²) >= 11 is 0. The summed E-state index contributed by atoms with van der Waals surface area (Å²) in [7, 11) is 0. The molecule has 1 unspecified atom stereocenters. The van der Waals surface area contributed by atoms with Crippen molar-refractivity contribution in [3.63, 3.8) is 0 Å². The molecule has 2 aromatic carbocycles. The lowest BCUT2D eigenvalue weighted by molar-refractivity contribution is 0.535. The molecule has 0 aliphatic heterocycles. The Kier molecular flexibility index (Phi) is 4.44. The first-order chi connectivity index (χ1) is 9.60. The Morgan fingerprint density at radius 1 is 1.15 bits per heavy atom. The number of hydrogen-bond donors (Lipinski definition) is 1. The van der Waals surface area contributed by atoms with Gasteiger partial charge in [-0.2, -0.15) is 5.26 Å². The van der Waals surface area contributed by atoms with Crippen molar-refractivity contribution in [1.82, 2.24) is 5.32 Å². The highest BCUT2D eigenvalue weighted by atomic mass is 19.1. The second kappa shape index (κ2) is 6.27. The molecule has 2 nitrogen and oxygen atoms in total. The van der Waals surface area contributed by atoms with Crippen molar-refractivity contribution in [1.29, 1.82) is 5.26 Å². The van der Waals surface area contributed by atoms with E-state index in [-0.39, 0.29) is 12.6 Å². The van der Waals surface area contributed by atoms with E-state index in [0.29, 0.717) is 11.1 Å². The zero-order chi connectivity index (χ0) is 14.5. The van der Waals surface area contributed by atoms with Crippen LogP contribution < -0.4 is 5.32 Å². The lowest BCUT2D eigenvalue weighted by Gasteiger charge is -2.14. The zero-order valence-electron chi connectivity index (χ0n) is 11.0. The molecule has 0 aliphatic rings. The SMILES string of the molecule is CC(NCc1cc(F)ccc1F)c1ccc(C#N)cc1. The van der Waals surface area contributed by atoms with E-state index in [0.717, 1.165) is 17.7 Å². The van der Waals surface area contributed by atoms with E-state index in [1.807, 2.05) is 19.1 Å². The van der Waals surface area contributed by atoms with Gasteiger partial charge in [0.15, 0.2) is 0 Å². The maximum absolute atomic E-state index is 13.5. The van der Waals surface area contributed by atoms with Crippen molar-refractivity contribution >= 4 is 0 Å². The molecule has 0 saturated carbocycles. The number of nitriles is 1. The van der Waals surface area contributed by atoms with Crippen molar-refractivity contribution in [3.05, 3.63) is 70.8 Å². The van der Waals surface area contributed by atoms with Gasteiger partial charge in [-0.3, -0.25) is 0 Å². The highest BCUT2D eigenvalue weighted by Gasteiger charge is 2.08. The molecule has 20 heavy (non-hydrogen) atoms. The molecule has 0 radical (unpaired) electrons. The predicted molar refractivity (Wildman–Crippen MR) is 72.8 cm³/mol. The van der Waals surface area contributed by atoms with E-state index >= 15 is 0 Å². The first-order valence-electron chi connectivity index (χ1n) is 6.27. The largest absolute Gasteiger partial charge is 0.306 e. The maximum atomic E-state index is 13.5. The molecule has 0 aromatic heterocycles. The van der Waals surface area contributed by atoms with E-state index in [9.17, 15) is 8.78 Å². The van der Waals surface area contributed by atoms with E-state index < -0.39 is 11.6 Å². The smallest absolute Gasteiger partial charge is 0.127 e. The van der Waals surface area contributed by atoms with Crippen LogP contribution in [-0.4, -0.2) is 0 Å². The van der Waals surface area contributed by atoms with Gasteiger partial charge in [0, 0.05) is 18.2 Å². The summed E-state index contributed by atoms with van der Waals surface area (Å²) in [5, 5.41) is 11.9. The average Bonchev–Trinajstić information content (AvgIpc) is 2.48. The Bertz CT molecular complexity index is 630. The summed E-state index contributed by atoms with van der Waals surface area (Å²) in [4.78, 5) is 0. The lowest BCUT2D eigenvalue weighted by atomic mass is 10.1. The second-order valence-corrected chi connectivity index (χ2v) is 4.57. The number of benzene rings is 2. The molecular formula is C16H14F2N2. The van der Waals surface area contributed by atoms with Crippen LogP contribution in [0.25, 0.3) is 0 Å². The standard InChI is InChI=1S/C16H14F2N2/c1-11(13-4-2-12(9-19)3-5-13)20-10-14-8-15(17)6-7-16(14)18/h2-8,11,20H,10H2,1H3. The molecule has 2 aromatic rings. The van der Waals surface area contributed by atoms with Gasteiger partial charge < -0.3 is 5.32 Å². The summed E-state index contributed by atoms with van der Waals surface area (Å²) in [6.45, 7) is 2.17. The molecule has 0 amide bonds. The molecule has 0 fully saturated rings. The van der Waals surface area contributed by atoms with E-state index in [1.165, 1.54) is 6.07 Å². The number of halogens is 2. The van der Waals surface area contributed by atoms with Gasteiger partial charge in [0.25, 0.3) is 0 Å². The van der Waals surface area contributed by atoms with Gasteiger partial charge in [0.05, 0.1) is 11.6 Å². The van der Waals surface area contributed by atoms with Crippen molar-refractivity contribution in [2.75, 3.05) is 0 Å². The normalized spacial score (nSPS) is 11.9. The van der Waals surface area contributed by atoms with Gasteiger partial charge in [-0.05, 0) is 42.8 Å². The molecular weight excluding hydrogens is 258 g/mol. The van der Waals surface area contributed by atoms with Crippen LogP contribution in [0.4, 0.5) is 8.78 Å². The fourth-order valence-corrected chi connectivity index (χ4v) is 1.91. The van der Waals surface area contributed by atoms with Crippen LogP contribution in [0, 0.1) is 23.0 Å². The van der Waals surface area contributed by atoms with Gasteiger partial charge >= 0.3 is 0 Å². The lowest BCUT2D eigenvalue weighted by Crippen LogP contribution is -2.18. The van der Waals surface area contributed by atoms with E-state index in [1.54, 1.807) is 12.1 Å². The Morgan fingerprint density at radius 2 is 1.85 bits per heavy atom. The molecule has 1 atom stereocenters. The average molecular weight is 272 g/mol. The number of nitrogens with one attached hydrogen (secondary N) is 1. The van der Waals surface area contributed by atoms with Gasteiger partial charge in [0.2, 0.25) is 0 Å². The van der Waals surface area contributed by atoms with Crippen molar-refractivity contribution < 1.29 is 8.78 Å². The van der Waals surface area contributed by atoms with Crippen molar-refractivity contribution in [2.45, 2.75) is 19.5 Å². The molecule has 1 N–H and O–H groups in total. The number of nitrogens with zero attached hydrogens (tertiary/aromatic N) is 1. The summed E-state index contributed by atoms with van der Waals surface area (Å²) < 4.78 is 26.5. The molecule has 0 spiro atoms. The monoisotopic (exact) mass is 272 g/mol. The first kappa shape index (κ1) is 14.2. The number of hydrogen-bond acceptors (Lipinski definition) is 2. The highest BCUT2D eigenvalue weighted by molar-refractivity contribution is 5.32. The summed E-state index contributed by atoms with van der Waals surface area (Å²) in [6.07, 6.45) is 0. The van der Waals surface area contributed by atoms with E-state index in [4.69, 9.17) is 5.26 Å². The van der Waals surface area contributed by atoms with Gasteiger partial charge in [-0.25, -0.2) is 8.78 Å². The topological polar surface area (TPSA) is 35.8 Å². The summed E-state index contributed by atoms with van der Waals surface area (Å²) in [6, 6.07) is 12.6. The van der Waals surface area contributed by atoms with Crippen LogP contribution in [0.1, 0.15) is 29.7 Å². The van der Waals surface area contributed by atoms with Crippen LogP contribution in [0.5, 0.6) is 0 Å². The maximum Gasteiger partial charge on any atom is 0.127 e. The predicted octanol–water partition coefficient (Wildman–Crippen LogP) is 3.69. The Labute approximate surface area is 116 Å². The quantitative estimate of drug-likeness (QED) is 0.921. The van der Waals surface area contributed by atoms with Crippen LogP contribution in [0.2, 0.25) is 0 Å². The van der Waals surface area contributed by atoms with Gasteiger partial charge in [-0.1, -0.05) is 12.1 Å². The highest BCUT2D eigenvalue weighted by Crippen LogP contribution is 2.15. The molecule has 4 heteroatoms.